The summed E-state index contributed by atoms with van der Waals surface area (Å²) < 4.78 is 47.4. The fraction of sp³-hybridized carbons (Fsp3) is 0.627. The summed E-state index contributed by atoms with van der Waals surface area (Å²) in [6.07, 6.45) is -5.56. The number of phenols is 2. The first-order valence-corrected chi connectivity index (χ1v) is 24.4. The van der Waals surface area contributed by atoms with Gasteiger partial charge in [0.1, 0.15) is 46.7 Å². The predicted molar refractivity (Wildman–Crippen MR) is 260 cm³/mol. The van der Waals surface area contributed by atoms with E-state index in [0.717, 1.165) is 0 Å². The van der Waals surface area contributed by atoms with Crippen molar-refractivity contribution in [1.29, 1.82) is 0 Å². The summed E-state index contributed by atoms with van der Waals surface area (Å²) in [6, 6.07) is 0. The lowest BCUT2D eigenvalue weighted by molar-refractivity contribution is -0.333. The average molecular weight is 1040 g/mol. The van der Waals surface area contributed by atoms with Gasteiger partial charge in [-0.15, -0.1) is 0 Å². The number of carbonyl (C=O) groups excluding carboxylic acids is 3. The maximum absolute atomic E-state index is 13.9. The number of aliphatic hydroxyl groups excluding tert-OH is 5. The normalized spacial score (nSPS) is 31.8. The standard InChI is InChI=1S/C51H72Cl2O18/c1-13-30-21-25(5)32(55)17-15-14-16-31(22-65-50-44(64-12)41(60)43(29(9)66-50)68-48(63)34-27(7)35(52)38(57)36(53)37(34)56)47(62)67-33(28(8)54)19-18-24(4)20-26(6)42(30)69-49-40(59)39(58)45(51(10,11)71-49)70-46(61)23(2)3/h14-16,18,20-21,23,28-30,32-33,39-45,49-50,54-60H,13,17,19,22H2,1-12H3/t28-,29+,30-,32-,33-,39+,40-,41-,42-,43+,44-,45-,49+,50+/m0/s1. The van der Waals surface area contributed by atoms with Crippen LogP contribution >= 0.6 is 23.2 Å². The molecule has 14 atom stereocenters. The Morgan fingerprint density at radius 3 is 2.17 bits per heavy atom. The van der Waals surface area contributed by atoms with Crippen molar-refractivity contribution in [2.75, 3.05) is 13.7 Å². The van der Waals surface area contributed by atoms with Crippen LogP contribution < -0.4 is 0 Å². The van der Waals surface area contributed by atoms with Gasteiger partial charge in [-0.3, -0.25) is 4.79 Å². The van der Waals surface area contributed by atoms with Gasteiger partial charge in [-0.2, -0.15) is 0 Å². The van der Waals surface area contributed by atoms with Crippen LogP contribution in [0.15, 0.2) is 58.7 Å². The van der Waals surface area contributed by atoms with Gasteiger partial charge in [-0.25, -0.2) is 9.59 Å². The van der Waals surface area contributed by atoms with Crippen LogP contribution in [0.4, 0.5) is 0 Å². The largest absolute Gasteiger partial charge is 0.505 e. The molecule has 0 aliphatic carbocycles. The number of phenolic OH excluding ortho intramolecular Hbond substituents is 2. The van der Waals surface area contributed by atoms with Crippen molar-refractivity contribution in [2.45, 2.75) is 181 Å². The van der Waals surface area contributed by atoms with E-state index < -0.39 is 144 Å². The van der Waals surface area contributed by atoms with Crippen LogP contribution in [0, 0.1) is 18.8 Å². The van der Waals surface area contributed by atoms with E-state index in [2.05, 4.69) is 0 Å². The number of esters is 3. The molecular formula is C51H72Cl2O18. The highest BCUT2D eigenvalue weighted by Crippen LogP contribution is 2.44. The van der Waals surface area contributed by atoms with E-state index >= 15 is 0 Å². The molecule has 0 bridgehead atoms. The first-order chi connectivity index (χ1) is 33.2. The predicted octanol–water partition coefficient (Wildman–Crippen LogP) is 5.98. The van der Waals surface area contributed by atoms with Gasteiger partial charge in [0.05, 0.1) is 47.5 Å². The molecule has 1 aromatic carbocycles. The molecule has 2 fully saturated rings. The number of hydrogen-bond acceptors (Lipinski definition) is 18. The maximum atomic E-state index is 13.9. The van der Waals surface area contributed by atoms with Crippen LogP contribution in [-0.2, 0) is 47.5 Å². The maximum Gasteiger partial charge on any atom is 0.342 e. The molecule has 0 amide bonds. The lowest BCUT2D eigenvalue weighted by atomic mass is 9.88. The second-order valence-electron chi connectivity index (χ2n) is 19.2. The number of carbonyl (C=O) groups is 3. The Balaban J connectivity index is 1.60. The summed E-state index contributed by atoms with van der Waals surface area (Å²) >= 11 is 12.1. The Morgan fingerprint density at radius 1 is 0.901 bits per heavy atom. The van der Waals surface area contributed by atoms with E-state index in [1.807, 2.05) is 32.9 Å². The zero-order chi connectivity index (χ0) is 53.4. The van der Waals surface area contributed by atoms with Gasteiger partial charge < -0.3 is 73.6 Å². The Kier molecular flexibility index (Phi) is 21.7. The van der Waals surface area contributed by atoms with E-state index in [9.17, 15) is 50.1 Å². The smallest absolute Gasteiger partial charge is 0.342 e. The molecule has 4 rings (SSSR count). The highest BCUT2D eigenvalue weighted by Gasteiger charge is 2.53. The summed E-state index contributed by atoms with van der Waals surface area (Å²) in [4.78, 5) is 39.8. The SMILES string of the molecule is CC[C@H]1C=C(C)[C@@H](O)CC=CC=C(CO[C@@H]2O[C@H](C)[C@@H](OC(=O)c3c(C)c(Cl)c(O)c(Cl)c3O)[C@H](O)[C@@H]2OC)C(=O)O[C@H]([C@H](C)O)CC=C(C)C=C(C)[C@@H]1O[C@@H]1OC(C)(C)[C@@H](OC(=O)C(C)C)[C@H](O)[C@@H]1O. The second-order valence-corrected chi connectivity index (χ2v) is 19.9. The quantitative estimate of drug-likeness (QED) is 0.0721. The van der Waals surface area contributed by atoms with Crippen LogP contribution in [0.2, 0.25) is 10.0 Å². The number of halogens is 2. The molecule has 71 heavy (non-hydrogen) atoms. The molecule has 0 unspecified atom stereocenters. The number of rotatable bonds is 12. The summed E-state index contributed by atoms with van der Waals surface area (Å²) in [5.74, 6) is -4.84. The molecule has 2 saturated heterocycles. The molecule has 0 radical (unpaired) electrons. The lowest BCUT2D eigenvalue weighted by Crippen LogP contribution is -2.64. The van der Waals surface area contributed by atoms with E-state index in [4.69, 9.17) is 61.1 Å². The van der Waals surface area contributed by atoms with Crippen LogP contribution in [-0.4, -0.2) is 153 Å². The van der Waals surface area contributed by atoms with E-state index in [1.54, 1.807) is 46.8 Å². The highest BCUT2D eigenvalue weighted by atomic mass is 35.5. The minimum atomic E-state index is -1.61. The minimum absolute atomic E-state index is 0.0285. The summed E-state index contributed by atoms with van der Waals surface area (Å²) in [7, 11) is 1.26. The highest BCUT2D eigenvalue weighted by molar-refractivity contribution is 6.39. The summed E-state index contributed by atoms with van der Waals surface area (Å²) in [5, 5.41) is 76.0. The Bertz CT molecular complexity index is 2170. The molecule has 398 valence electrons. The number of ether oxygens (including phenoxy) is 8. The van der Waals surface area contributed by atoms with Gasteiger partial charge in [0, 0.05) is 19.4 Å². The van der Waals surface area contributed by atoms with Crippen molar-refractivity contribution in [3.63, 3.8) is 0 Å². The molecule has 20 heteroatoms. The zero-order valence-corrected chi connectivity index (χ0v) is 43.8. The van der Waals surface area contributed by atoms with E-state index in [-0.39, 0.29) is 29.0 Å². The van der Waals surface area contributed by atoms with E-state index in [0.29, 0.717) is 23.1 Å². The number of aliphatic hydroxyl groups is 5. The molecule has 3 aliphatic rings. The van der Waals surface area contributed by atoms with Gasteiger partial charge in [-0.1, -0.05) is 79.9 Å². The van der Waals surface area contributed by atoms with Crippen LogP contribution in [0.25, 0.3) is 0 Å². The van der Waals surface area contributed by atoms with Crippen molar-refractivity contribution in [2.24, 2.45) is 11.8 Å². The first-order valence-electron chi connectivity index (χ1n) is 23.6. The molecule has 18 nitrogen and oxygen atoms in total. The zero-order valence-electron chi connectivity index (χ0n) is 42.3. The van der Waals surface area contributed by atoms with Gasteiger partial charge >= 0.3 is 17.9 Å². The van der Waals surface area contributed by atoms with Crippen LogP contribution in [0.3, 0.4) is 0 Å². The molecular weight excluding hydrogens is 971 g/mol. The molecule has 0 aromatic heterocycles. The van der Waals surface area contributed by atoms with Gasteiger partial charge in [-0.05, 0) is 91.0 Å². The van der Waals surface area contributed by atoms with Crippen molar-refractivity contribution in [1.82, 2.24) is 0 Å². The topological polar surface area (TPSA) is 267 Å². The van der Waals surface area contributed by atoms with Crippen LogP contribution in [0.1, 0.15) is 104 Å². The fourth-order valence-corrected chi connectivity index (χ4v) is 8.79. The third-order valence-corrected chi connectivity index (χ3v) is 13.6. The first kappa shape index (κ1) is 59.7. The second kappa shape index (κ2) is 25.9. The molecule has 7 N–H and O–H groups in total. The average Bonchev–Trinajstić information content (AvgIpc) is 3.30. The number of cyclic esters (lactones) is 1. The molecule has 0 saturated carbocycles. The molecule has 1 aromatic rings. The minimum Gasteiger partial charge on any atom is -0.505 e. The van der Waals surface area contributed by atoms with Crippen molar-refractivity contribution in [3.8, 4) is 11.5 Å². The lowest BCUT2D eigenvalue weighted by Gasteiger charge is -2.47. The van der Waals surface area contributed by atoms with Crippen molar-refractivity contribution < 1.29 is 88.0 Å². The molecule has 0 spiro atoms. The molecule has 3 heterocycles. The van der Waals surface area contributed by atoms with Crippen molar-refractivity contribution >= 4 is 41.1 Å². The number of allylic oxidation sites excluding steroid dienone is 4. The third kappa shape index (κ3) is 14.7. The summed E-state index contributed by atoms with van der Waals surface area (Å²) in [5.41, 5.74) is 0.193. The number of aromatic hydroxyl groups is 2. The fourth-order valence-electron chi connectivity index (χ4n) is 8.37. The van der Waals surface area contributed by atoms with Crippen molar-refractivity contribution in [3.05, 3.63) is 79.9 Å². The number of hydrogen-bond donors (Lipinski definition) is 7. The Labute approximate surface area is 425 Å². The van der Waals surface area contributed by atoms with Gasteiger partial charge in [0.15, 0.2) is 36.3 Å². The van der Waals surface area contributed by atoms with Crippen LogP contribution in [0.5, 0.6) is 11.5 Å². The number of benzene rings is 1. The van der Waals surface area contributed by atoms with E-state index in [1.165, 1.54) is 40.0 Å². The Hall–Kier alpha value is -3.89. The van der Waals surface area contributed by atoms with Gasteiger partial charge in [0.25, 0.3) is 0 Å². The summed E-state index contributed by atoms with van der Waals surface area (Å²) in [6.45, 7) is 17.8. The molecule has 3 aliphatic heterocycles. The number of methoxy groups -OCH3 is 1. The Morgan fingerprint density at radius 2 is 1.56 bits per heavy atom. The third-order valence-electron chi connectivity index (χ3n) is 12.8. The monoisotopic (exact) mass is 1040 g/mol. The van der Waals surface area contributed by atoms with Gasteiger partial charge in [0.2, 0.25) is 0 Å².